The third-order valence-electron chi connectivity index (χ3n) is 1.67. The Hall–Kier alpha value is -1.84. The second-order valence-electron chi connectivity index (χ2n) is 2.85. The number of hydrogen-bond acceptors (Lipinski definition) is 6. The Morgan fingerprint density at radius 2 is 2.00 bits per heavy atom. The molecular weight excluding hydrogens is 279 g/mol. The first kappa shape index (κ1) is 14.2. The lowest BCUT2D eigenvalue weighted by Crippen LogP contribution is -2.28. The van der Waals surface area contributed by atoms with Gasteiger partial charge in [-0.25, -0.2) is 4.79 Å². The van der Waals surface area contributed by atoms with Crippen molar-refractivity contribution in [3.05, 3.63) is 24.0 Å². The molecule has 0 atom stereocenters. The van der Waals surface area contributed by atoms with Crippen LogP contribution in [0.1, 0.15) is 10.4 Å². The fourth-order valence-electron chi connectivity index (χ4n) is 0.890. The van der Waals surface area contributed by atoms with Crippen LogP contribution in [0.2, 0.25) is 0 Å². The Balaban J connectivity index is 3.18. The molecule has 1 aromatic heterocycles. The van der Waals surface area contributed by atoms with E-state index in [0.717, 1.165) is 19.4 Å². The van der Waals surface area contributed by atoms with Gasteiger partial charge in [0.15, 0.2) is 5.75 Å². The summed E-state index contributed by atoms with van der Waals surface area (Å²) in [4.78, 5) is 14.5. The lowest BCUT2D eigenvalue weighted by Gasteiger charge is -2.11. The molecule has 0 N–H and O–H groups in total. The first-order valence-electron chi connectivity index (χ1n) is 4.22. The van der Waals surface area contributed by atoms with Crippen LogP contribution < -0.4 is 4.18 Å². The highest BCUT2D eigenvalue weighted by atomic mass is 32.2. The zero-order valence-corrected chi connectivity index (χ0v) is 9.58. The SMILES string of the molecule is COC(=O)c1ccncc1OS(=O)(=O)C(F)(F)F. The topological polar surface area (TPSA) is 82.6 Å². The summed E-state index contributed by atoms with van der Waals surface area (Å²) in [6.45, 7) is 0. The fraction of sp³-hybridized carbons (Fsp3) is 0.250. The van der Waals surface area contributed by atoms with Crippen LogP contribution in [0.15, 0.2) is 18.5 Å². The zero-order valence-electron chi connectivity index (χ0n) is 8.76. The van der Waals surface area contributed by atoms with Crippen LogP contribution in [0.5, 0.6) is 5.75 Å². The molecule has 100 valence electrons. The van der Waals surface area contributed by atoms with E-state index in [2.05, 4.69) is 13.9 Å². The van der Waals surface area contributed by atoms with Crippen LogP contribution in [0.4, 0.5) is 13.2 Å². The monoisotopic (exact) mass is 285 g/mol. The second kappa shape index (κ2) is 4.80. The molecule has 0 aliphatic heterocycles. The molecule has 0 bridgehead atoms. The predicted octanol–water partition coefficient (Wildman–Crippen LogP) is 1.10. The van der Waals surface area contributed by atoms with Gasteiger partial charge in [-0.15, -0.1) is 0 Å². The molecule has 0 aromatic carbocycles. The molecule has 1 aromatic rings. The summed E-state index contributed by atoms with van der Waals surface area (Å²) < 4.78 is 65.8. The predicted molar refractivity (Wildman–Crippen MR) is 51.2 cm³/mol. The first-order chi connectivity index (χ1) is 8.19. The quantitative estimate of drug-likeness (QED) is 0.470. The standard InChI is InChI=1S/C8H6F3NO5S/c1-16-7(13)5-2-3-12-4-6(5)17-18(14,15)8(9,10)11/h2-4H,1H3. The normalized spacial score (nSPS) is 12.0. The number of hydrogen-bond donors (Lipinski definition) is 0. The zero-order chi connectivity index (χ0) is 14.0. The van der Waals surface area contributed by atoms with Crippen molar-refractivity contribution in [1.82, 2.24) is 4.98 Å². The smallest absolute Gasteiger partial charge is 0.465 e. The molecule has 18 heavy (non-hydrogen) atoms. The van der Waals surface area contributed by atoms with Gasteiger partial charge in [-0.3, -0.25) is 4.98 Å². The molecule has 6 nitrogen and oxygen atoms in total. The summed E-state index contributed by atoms with van der Waals surface area (Å²) >= 11 is 0. The molecule has 0 saturated heterocycles. The minimum atomic E-state index is -5.86. The Kier molecular flexibility index (Phi) is 3.79. The van der Waals surface area contributed by atoms with E-state index in [1.807, 2.05) is 0 Å². The Labute approximate surface area is 99.5 Å². The number of esters is 1. The number of carbonyl (C=O) groups excluding carboxylic acids is 1. The van der Waals surface area contributed by atoms with Crippen molar-refractivity contribution in [2.75, 3.05) is 7.11 Å². The van der Waals surface area contributed by atoms with Gasteiger partial charge in [-0.1, -0.05) is 0 Å². The average molecular weight is 285 g/mol. The third kappa shape index (κ3) is 2.88. The molecular formula is C8H6F3NO5S. The molecule has 0 fully saturated rings. The van der Waals surface area contributed by atoms with Crippen molar-refractivity contribution >= 4 is 16.1 Å². The summed E-state index contributed by atoms with van der Waals surface area (Å²) in [5, 5.41) is 0. The number of pyridine rings is 1. The molecule has 10 heteroatoms. The summed E-state index contributed by atoms with van der Waals surface area (Å²) in [6.07, 6.45) is 1.73. The van der Waals surface area contributed by atoms with Gasteiger partial charge in [0.1, 0.15) is 5.56 Å². The highest BCUT2D eigenvalue weighted by Gasteiger charge is 2.49. The van der Waals surface area contributed by atoms with Gasteiger partial charge in [0.25, 0.3) is 0 Å². The largest absolute Gasteiger partial charge is 0.534 e. The van der Waals surface area contributed by atoms with Crippen LogP contribution in [-0.2, 0) is 14.9 Å². The van der Waals surface area contributed by atoms with E-state index in [-0.39, 0.29) is 0 Å². The van der Waals surface area contributed by atoms with Crippen LogP contribution in [0.25, 0.3) is 0 Å². The fourth-order valence-corrected chi connectivity index (χ4v) is 1.35. The number of carbonyl (C=O) groups is 1. The first-order valence-corrected chi connectivity index (χ1v) is 5.63. The van der Waals surface area contributed by atoms with Crippen molar-refractivity contribution in [3.8, 4) is 5.75 Å². The van der Waals surface area contributed by atoms with E-state index in [1.165, 1.54) is 0 Å². The summed E-state index contributed by atoms with van der Waals surface area (Å²) in [6, 6.07) is 0.965. The van der Waals surface area contributed by atoms with Crippen molar-refractivity contribution < 1.29 is 35.3 Å². The lowest BCUT2D eigenvalue weighted by atomic mass is 10.2. The van der Waals surface area contributed by atoms with Gasteiger partial charge in [-0.2, -0.15) is 21.6 Å². The number of rotatable bonds is 3. The van der Waals surface area contributed by atoms with Crippen molar-refractivity contribution in [2.24, 2.45) is 0 Å². The average Bonchev–Trinajstić information content (AvgIpc) is 2.26. The van der Waals surface area contributed by atoms with Crippen LogP contribution in [0, 0.1) is 0 Å². The molecule has 0 aliphatic rings. The maximum Gasteiger partial charge on any atom is 0.534 e. The van der Waals surface area contributed by atoms with Gasteiger partial charge in [0.2, 0.25) is 0 Å². The molecule has 0 unspecified atom stereocenters. The minimum Gasteiger partial charge on any atom is -0.465 e. The second-order valence-corrected chi connectivity index (χ2v) is 4.38. The number of methoxy groups -OCH3 is 1. The summed E-state index contributed by atoms with van der Waals surface area (Å²) in [5.74, 6) is -1.91. The number of nitrogens with zero attached hydrogens (tertiary/aromatic N) is 1. The van der Waals surface area contributed by atoms with Crippen molar-refractivity contribution in [2.45, 2.75) is 5.51 Å². The Bertz CT molecular complexity index is 554. The number of aromatic nitrogens is 1. The number of ether oxygens (including phenoxy) is 1. The van der Waals surface area contributed by atoms with Gasteiger partial charge in [0, 0.05) is 6.20 Å². The molecule has 1 heterocycles. The molecule has 1 rings (SSSR count). The van der Waals surface area contributed by atoms with Crippen LogP contribution >= 0.6 is 0 Å². The molecule has 0 saturated carbocycles. The molecule has 0 radical (unpaired) electrons. The van der Waals surface area contributed by atoms with Gasteiger partial charge in [-0.05, 0) is 6.07 Å². The number of alkyl halides is 3. The maximum absolute atomic E-state index is 12.1. The van der Waals surface area contributed by atoms with E-state index in [0.29, 0.717) is 6.20 Å². The van der Waals surface area contributed by atoms with Crippen LogP contribution in [-0.4, -0.2) is 32.0 Å². The van der Waals surface area contributed by atoms with Crippen molar-refractivity contribution in [3.63, 3.8) is 0 Å². The minimum absolute atomic E-state index is 0.486. The van der Waals surface area contributed by atoms with E-state index >= 15 is 0 Å². The highest BCUT2D eigenvalue weighted by molar-refractivity contribution is 7.88. The summed E-state index contributed by atoms with van der Waals surface area (Å²) in [7, 11) is -4.89. The van der Waals surface area contributed by atoms with Gasteiger partial charge < -0.3 is 8.92 Å². The maximum atomic E-state index is 12.1. The molecule has 0 spiro atoms. The highest BCUT2D eigenvalue weighted by Crippen LogP contribution is 2.28. The van der Waals surface area contributed by atoms with E-state index in [1.54, 1.807) is 0 Å². The Morgan fingerprint density at radius 3 is 2.50 bits per heavy atom. The van der Waals surface area contributed by atoms with Crippen LogP contribution in [0.3, 0.4) is 0 Å². The number of halogens is 3. The van der Waals surface area contributed by atoms with E-state index in [9.17, 15) is 26.4 Å². The van der Waals surface area contributed by atoms with Gasteiger partial charge in [0.05, 0.1) is 13.3 Å². The van der Waals surface area contributed by atoms with E-state index in [4.69, 9.17) is 0 Å². The van der Waals surface area contributed by atoms with Gasteiger partial charge >= 0.3 is 21.6 Å². The molecule has 0 amide bonds. The third-order valence-corrected chi connectivity index (χ3v) is 2.64. The lowest BCUT2D eigenvalue weighted by molar-refractivity contribution is -0.0500. The molecule has 0 aliphatic carbocycles. The summed E-state index contributed by atoms with van der Waals surface area (Å²) in [5.41, 5.74) is -6.09. The van der Waals surface area contributed by atoms with Crippen molar-refractivity contribution in [1.29, 1.82) is 0 Å². The Morgan fingerprint density at radius 1 is 1.39 bits per heavy atom. The van der Waals surface area contributed by atoms with E-state index < -0.39 is 32.9 Å².